The highest BCUT2D eigenvalue weighted by molar-refractivity contribution is 7.97. The monoisotopic (exact) mass is 450 g/mol. The van der Waals surface area contributed by atoms with E-state index < -0.39 is 25.0 Å². The van der Waals surface area contributed by atoms with E-state index in [1.165, 1.54) is 47.3 Å². The van der Waals surface area contributed by atoms with Crippen molar-refractivity contribution in [3.8, 4) is 5.88 Å². The Morgan fingerprint density at radius 3 is 2.68 bits per heavy atom. The predicted molar refractivity (Wildman–Crippen MR) is 105 cm³/mol. The number of pyridine rings is 1. The molecule has 1 amide bonds. The topological polar surface area (TPSA) is 80.5 Å². The molecule has 162 valence electrons. The Kier molecular flexibility index (Phi) is 6.14. The van der Waals surface area contributed by atoms with Crippen molar-refractivity contribution in [2.45, 2.75) is 30.5 Å². The molecule has 31 heavy (non-hydrogen) atoms. The molecule has 0 bridgehead atoms. The number of aliphatic hydroxyl groups is 1. The molecule has 1 aliphatic rings. The number of rotatable bonds is 7. The summed E-state index contributed by atoms with van der Waals surface area (Å²) in [7, 11) is 0. The van der Waals surface area contributed by atoms with Gasteiger partial charge in [-0.05, 0) is 12.1 Å². The van der Waals surface area contributed by atoms with Crippen LogP contribution in [0.25, 0.3) is 0 Å². The molecular formula is C20H17F3N4O3S. The fourth-order valence-corrected chi connectivity index (χ4v) is 4.07. The Balaban J connectivity index is 1.41. The van der Waals surface area contributed by atoms with Crippen LogP contribution in [0.4, 0.5) is 13.2 Å². The van der Waals surface area contributed by atoms with E-state index in [4.69, 9.17) is 0 Å². The largest absolute Gasteiger partial charge is 0.417 e. The number of carbonyl (C=O) groups excluding carboxylic acids is 1. The number of nitrogens with zero attached hydrogens (tertiary/aromatic N) is 4. The number of amides is 1. The molecule has 1 unspecified atom stereocenters. The van der Waals surface area contributed by atoms with Crippen LogP contribution < -0.4 is 4.74 Å². The van der Waals surface area contributed by atoms with E-state index in [9.17, 15) is 23.1 Å². The minimum absolute atomic E-state index is 0.159. The summed E-state index contributed by atoms with van der Waals surface area (Å²) < 4.78 is 44.3. The molecule has 0 saturated carbocycles. The maximum absolute atomic E-state index is 14.1. The van der Waals surface area contributed by atoms with Crippen molar-refractivity contribution in [1.82, 2.24) is 19.1 Å². The van der Waals surface area contributed by atoms with Gasteiger partial charge in [0.25, 0.3) is 0 Å². The fourth-order valence-electron chi connectivity index (χ4n) is 3.31. The molecular weight excluding hydrogens is 433 g/mol. The van der Waals surface area contributed by atoms with Crippen LogP contribution in [0.5, 0.6) is 5.88 Å². The highest BCUT2D eigenvalue weighted by Crippen LogP contribution is 2.30. The summed E-state index contributed by atoms with van der Waals surface area (Å²) in [5.74, 6) is -2.06. The van der Waals surface area contributed by atoms with Crippen molar-refractivity contribution < 1.29 is 27.8 Å². The summed E-state index contributed by atoms with van der Waals surface area (Å²) in [6.07, 6.45) is 3.15. The highest BCUT2D eigenvalue weighted by Gasteiger charge is 2.32. The second-order valence-corrected chi connectivity index (χ2v) is 7.78. The number of fused-ring (bicyclic) bond motifs is 1. The van der Waals surface area contributed by atoms with Crippen LogP contribution in [-0.2, 0) is 17.9 Å². The first kappa shape index (κ1) is 21.2. The van der Waals surface area contributed by atoms with Gasteiger partial charge in [0.1, 0.15) is 5.82 Å². The second-order valence-electron chi connectivity index (χ2n) is 6.76. The van der Waals surface area contributed by atoms with Crippen molar-refractivity contribution in [3.05, 3.63) is 71.4 Å². The van der Waals surface area contributed by atoms with Gasteiger partial charge in [0, 0.05) is 53.0 Å². The molecule has 1 atom stereocenters. The number of hydrogen-bond acceptors (Lipinski definition) is 6. The Hall–Kier alpha value is -3.05. The number of aliphatic hydroxyl groups excluding tert-OH is 1. The zero-order chi connectivity index (χ0) is 22.0. The minimum atomic E-state index is -2.94. The molecule has 4 rings (SSSR count). The van der Waals surface area contributed by atoms with Crippen LogP contribution in [0.2, 0.25) is 0 Å². The number of hydrogen-bond donors (Lipinski definition) is 1. The molecule has 2 aromatic heterocycles. The predicted octanol–water partition coefficient (Wildman–Crippen LogP) is 3.19. The summed E-state index contributed by atoms with van der Waals surface area (Å²) in [5, 5.41) is 14.1. The first-order valence-corrected chi connectivity index (χ1v) is 10.0. The lowest BCUT2D eigenvalue weighted by molar-refractivity contribution is -0.134. The van der Waals surface area contributed by atoms with E-state index in [1.54, 1.807) is 22.4 Å². The average Bonchev–Trinajstić information content (AvgIpc) is 3.29. The molecule has 7 nitrogen and oxygen atoms in total. The van der Waals surface area contributed by atoms with Crippen molar-refractivity contribution in [3.63, 3.8) is 0 Å². The number of benzene rings is 1. The van der Waals surface area contributed by atoms with Crippen molar-refractivity contribution in [2.75, 3.05) is 6.61 Å². The van der Waals surface area contributed by atoms with Gasteiger partial charge in [-0.1, -0.05) is 18.2 Å². The standard InChI is InChI=1S/C20H17F3N4O3S/c21-16-4-2-1-3-14(16)15(11-28)19(29)26-8-12-9-27(25-17(12)10-26)31-13-5-6-18(24-7-13)30-20(22)23/h1-7,9,15,20,28H,8,10-11H2. The summed E-state index contributed by atoms with van der Waals surface area (Å²) >= 11 is 1.23. The van der Waals surface area contributed by atoms with Gasteiger partial charge in [-0.15, -0.1) is 0 Å². The Morgan fingerprint density at radius 1 is 1.23 bits per heavy atom. The molecule has 3 heterocycles. The van der Waals surface area contributed by atoms with E-state index in [0.717, 1.165) is 5.56 Å². The smallest absolute Gasteiger partial charge is 0.388 e. The molecule has 3 aromatic rings. The van der Waals surface area contributed by atoms with Crippen molar-refractivity contribution in [1.29, 1.82) is 0 Å². The molecule has 0 radical (unpaired) electrons. The van der Waals surface area contributed by atoms with Gasteiger partial charge in [0.05, 0.1) is 24.8 Å². The summed E-state index contributed by atoms with van der Waals surface area (Å²) in [5.41, 5.74) is 1.68. The molecule has 1 aliphatic heterocycles. The van der Waals surface area contributed by atoms with Crippen LogP contribution in [0.15, 0.2) is 53.7 Å². The number of halogens is 3. The van der Waals surface area contributed by atoms with Gasteiger partial charge in [0.2, 0.25) is 11.8 Å². The Bertz CT molecular complexity index is 1050. The molecule has 0 saturated heterocycles. The molecule has 0 spiro atoms. The Labute approximate surface area is 179 Å². The molecule has 0 aliphatic carbocycles. The lowest BCUT2D eigenvalue weighted by atomic mass is 9.98. The molecule has 11 heteroatoms. The van der Waals surface area contributed by atoms with Crippen LogP contribution >= 0.6 is 11.9 Å². The summed E-state index contributed by atoms with van der Waals surface area (Å²) in [6, 6.07) is 8.81. The summed E-state index contributed by atoms with van der Waals surface area (Å²) in [4.78, 5) is 18.9. The first-order valence-electron chi connectivity index (χ1n) is 9.25. The fraction of sp³-hybridized carbons (Fsp3) is 0.250. The lowest BCUT2D eigenvalue weighted by Gasteiger charge is -2.22. The maximum atomic E-state index is 14.1. The van der Waals surface area contributed by atoms with Gasteiger partial charge in [-0.2, -0.15) is 13.9 Å². The van der Waals surface area contributed by atoms with Crippen LogP contribution in [0.3, 0.4) is 0 Å². The van der Waals surface area contributed by atoms with Gasteiger partial charge >= 0.3 is 6.61 Å². The number of aromatic nitrogens is 3. The van der Waals surface area contributed by atoms with Gasteiger partial charge in [-0.25, -0.2) is 13.5 Å². The lowest BCUT2D eigenvalue weighted by Crippen LogP contribution is -2.33. The highest BCUT2D eigenvalue weighted by atomic mass is 32.2. The van der Waals surface area contributed by atoms with E-state index in [1.807, 2.05) is 0 Å². The second kappa shape index (κ2) is 8.98. The average molecular weight is 450 g/mol. The van der Waals surface area contributed by atoms with Gasteiger partial charge < -0.3 is 14.7 Å². The SMILES string of the molecule is O=C(C(CO)c1ccccc1F)N1Cc2cn(Sc3ccc(OC(F)F)nc3)nc2C1. The molecule has 0 fully saturated rings. The quantitative estimate of drug-likeness (QED) is 0.596. The maximum Gasteiger partial charge on any atom is 0.388 e. The van der Waals surface area contributed by atoms with Crippen molar-refractivity contribution in [2.24, 2.45) is 0 Å². The van der Waals surface area contributed by atoms with Gasteiger partial charge in [-0.3, -0.25) is 4.79 Å². The third kappa shape index (κ3) is 4.67. The van der Waals surface area contributed by atoms with Crippen LogP contribution in [0.1, 0.15) is 22.7 Å². The third-order valence-corrected chi connectivity index (χ3v) is 5.58. The first-order chi connectivity index (χ1) is 14.9. The van der Waals surface area contributed by atoms with E-state index in [2.05, 4.69) is 14.8 Å². The molecule has 1 N–H and O–H groups in total. The number of ether oxygens (including phenoxy) is 1. The number of carbonyl (C=O) groups is 1. The zero-order valence-corrected chi connectivity index (χ0v) is 16.8. The van der Waals surface area contributed by atoms with Crippen LogP contribution in [0, 0.1) is 5.82 Å². The van der Waals surface area contributed by atoms with Crippen LogP contribution in [-0.4, -0.2) is 43.3 Å². The van der Waals surface area contributed by atoms with E-state index >= 15 is 0 Å². The van der Waals surface area contributed by atoms with Crippen molar-refractivity contribution >= 4 is 17.9 Å². The zero-order valence-electron chi connectivity index (χ0n) is 16.0. The Morgan fingerprint density at radius 2 is 2.03 bits per heavy atom. The normalized spacial score (nSPS) is 14.0. The van der Waals surface area contributed by atoms with E-state index in [0.29, 0.717) is 17.1 Å². The minimum Gasteiger partial charge on any atom is -0.417 e. The third-order valence-electron chi connectivity index (χ3n) is 4.75. The van der Waals surface area contributed by atoms with Gasteiger partial charge in [0.15, 0.2) is 0 Å². The van der Waals surface area contributed by atoms with E-state index in [-0.39, 0.29) is 23.9 Å². The number of alkyl halides is 2. The summed E-state index contributed by atoms with van der Waals surface area (Å²) in [6.45, 7) is -2.90. The molecule has 1 aromatic carbocycles.